The molecule has 0 spiro atoms. The molecule has 1 aromatic heterocycles. The van der Waals surface area contributed by atoms with Crippen molar-refractivity contribution in [3.05, 3.63) is 66.5 Å². The maximum Gasteiger partial charge on any atom is 0.231 e. The van der Waals surface area contributed by atoms with Gasteiger partial charge in [0.15, 0.2) is 11.5 Å². The molecule has 0 saturated carbocycles. The highest BCUT2D eigenvalue weighted by molar-refractivity contribution is 6.00. The number of hydrogen-bond acceptors (Lipinski definition) is 5. The van der Waals surface area contributed by atoms with Crippen molar-refractivity contribution < 1.29 is 19.1 Å². The highest BCUT2D eigenvalue weighted by atomic mass is 16.7. The van der Waals surface area contributed by atoms with E-state index in [-0.39, 0.29) is 30.9 Å². The Kier molecular flexibility index (Phi) is 5.03. The SMILES string of the molecule is O=C(NCCc1ccc(-n2cccn2)cc1)C1CC(=O)N(c2ccc3c(c2)OCO3)C1. The molecule has 2 amide bonds. The van der Waals surface area contributed by atoms with E-state index in [0.29, 0.717) is 24.6 Å². The fraction of sp³-hybridized carbons (Fsp3) is 0.261. The predicted molar refractivity (Wildman–Crippen MR) is 113 cm³/mol. The number of aromatic nitrogens is 2. The van der Waals surface area contributed by atoms with E-state index in [9.17, 15) is 9.59 Å². The van der Waals surface area contributed by atoms with Crippen molar-refractivity contribution in [3.8, 4) is 17.2 Å². The van der Waals surface area contributed by atoms with Gasteiger partial charge in [0.25, 0.3) is 0 Å². The highest BCUT2D eigenvalue weighted by Crippen LogP contribution is 2.37. The second kappa shape index (κ2) is 8.14. The van der Waals surface area contributed by atoms with Crippen LogP contribution in [0.25, 0.3) is 5.69 Å². The third-order valence-corrected chi connectivity index (χ3v) is 5.58. The zero-order chi connectivity index (χ0) is 21.2. The fourth-order valence-corrected chi connectivity index (χ4v) is 3.90. The topological polar surface area (TPSA) is 85.7 Å². The molecule has 3 aromatic rings. The lowest BCUT2D eigenvalue weighted by Gasteiger charge is -2.17. The van der Waals surface area contributed by atoms with Crippen LogP contribution in [0.1, 0.15) is 12.0 Å². The molecule has 8 nitrogen and oxygen atoms in total. The number of nitrogens with one attached hydrogen (secondary N) is 1. The van der Waals surface area contributed by atoms with Crippen molar-refractivity contribution >= 4 is 17.5 Å². The summed E-state index contributed by atoms with van der Waals surface area (Å²) in [6.45, 7) is 1.07. The Morgan fingerprint density at radius 1 is 1.10 bits per heavy atom. The van der Waals surface area contributed by atoms with Gasteiger partial charge in [-0.2, -0.15) is 5.10 Å². The Morgan fingerprint density at radius 3 is 2.71 bits per heavy atom. The Hall–Kier alpha value is -3.81. The molecule has 1 unspecified atom stereocenters. The zero-order valence-electron chi connectivity index (χ0n) is 16.9. The number of fused-ring (bicyclic) bond motifs is 1. The standard InChI is InChI=1S/C23H22N4O4/c28-22-12-17(14-26(22)19-6-7-20-21(13-19)31-15-30-20)23(29)24-10-8-16-2-4-18(5-3-16)27-11-1-9-25-27/h1-7,9,11,13,17H,8,10,12,14-15H2,(H,24,29). The zero-order valence-corrected chi connectivity index (χ0v) is 16.9. The molecule has 0 aliphatic carbocycles. The monoisotopic (exact) mass is 418 g/mol. The number of nitrogens with zero attached hydrogens (tertiary/aromatic N) is 3. The second-order valence-corrected chi connectivity index (χ2v) is 7.60. The number of hydrogen-bond donors (Lipinski definition) is 1. The van der Waals surface area contributed by atoms with Crippen molar-refractivity contribution in [2.24, 2.45) is 5.92 Å². The van der Waals surface area contributed by atoms with Crippen molar-refractivity contribution in [1.29, 1.82) is 0 Å². The minimum atomic E-state index is -0.361. The molecule has 2 aliphatic rings. The van der Waals surface area contributed by atoms with Crippen LogP contribution in [0, 0.1) is 5.92 Å². The van der Waals surface area contributed by atoms with Crippen LogP contribution in [0.15, 0.2) is 60.9 Å². The smallest absolute Gasteiger partial charge is 0.231 e. The molecular weight excluding hydrogens is 396 g/mol. The van der Waals surface area contributed by atoms with E-state index < -0.39 is 0 Å². The summed E-state index contributed by atoms with van der Waals surface area (Å²) in [7, 11) is 0. The van der Waals surface area contributed by atoms with E-state index in [1.54, 1.807) is 27.9 Å². The Bertz CT molecular complexity index is 1100. The van der Waals surface area contributed by atoms with Crippen molar-refractivity contribution in [1.82, 2.24) is 15.1 Å². The van der Waals surface area contributed by atoms with Crippen molar-refractivity contribution in [2.45, 2.75) is 12.8 Å². The number of rotatable bonds is 6. The molecule has 31 heavy (non-hydrogen) atoms. The predicted octanol–water partition coefficient (Wildman–Crippen LogP) is 2.31. The molecule has 0 bridgehead atoms. The van der Waals surface area contributed by atoms with Gasteiger partial charge in [-0.1, -0.05) is 12.1 Å². The summed E-state index contributed by atoms with van der Waals surface area (Å²) < 4.78 is 12.5. The van der Waals surface area contributed by atoms with Gasteiger partial charge in [0.1, 0.15) is 0 Å². The number of anilines is 1. The van der Waals surface area contributed by atoms with Crippen LogP contribution < -0.4 is 19.7 Å². The minimum Gasteiger partial charge on any atom is -0.454 e. The first-order chi connectivity index (χ1) is 15.2. The Labute approximate surface area is 179 Å². The van der Waals surface area contributed by atoms with Gasteiger partial charge in [0.2, 0.25) is 18.6 Å². The molecule has 3 heterocycles. The largest absolute Gasteiger partial charge is 0.454 e. The molecule has 1 fully saturated rings. The minimum absolute atomic E-state index is 0.0618. The number of carbonyl (C=O) groups is 2. The van der Waals surface area contributed by atoms with Gasteiger partial charge in [-0.15, -0.1) is 0 Å². The lowest BCUT2D eigenvalue weighted by Crippen LogP contribution is -2.34. The van der Waals surface area contributed by atoms with Gasteiger partial charge in [-0.25, -0.2) is 4.68 Å². The first-order valence-corrected chi connectivity index (χ1v) is 10.2. The van der Waals surface area contributed by atoms with Crippen LogP contribution in [0.4, 0.5) is 5.69 Å². The molecule has 5 rings (SSSR count). The fourth-order valence-electron chi connectivity index (χ4n) is 3.90. The molecule has 2 aromatic carbocycles. The van der Waals surface area contributed by atoms with Crippen molar-refractivity contribution in [3.63, 3.8) is 0 Å². The number of amides is 2. The lowest BCUT2D eigenvalue weighted by atomic mass is 10.1. The van der Waals surface area contributed by atoms with Gasteiger partial charge in [0, 0.05) is 43.7 Å². The third-order valence-electron chi connectivity index (χ3n) is 5.58. The highest BCUT2D eigenvalue weighted by Gasteiger charge is 2.35. The number of carbonyl (C=O) groups excluding carboxylic acids is 2. The molecule has 1 atom stereocenters. The summed E-state index contributed by atoms with van der Waals surface area (Å²) in [5.74, 6) is 0.775. The number of benzene rings is 2. The van der Waals surface area contributed by atoms with E-state index >= 15 is 0 Å². The molecule has 0 radical (unpaired) electrons. The van der Waals surface area contributed by atoms with Crippen LogP contribution in [0.3, 0.4) is 0 Å². The summed E-state index contributed by atoms with van der Waals surface area (Å²) in [6, 6.07) is 15.3. The molecule has 1 saturated heterocycles. The van der Waals surface area contributed by atoms with Gasteiger partial charge in [0.05, 0.1) is 11.6 Å². The Morgan fingerprint density at radius 2 is 1.90 bits per heavy atom. The van der Waals surface area contributed by atoms with Crippen molar-refractivity contribution in [2.75, 3.05) is 24.8 Å². The summed E-state index contributed by atoms with van der Waals surface area (Å²) in [4.78, 5) is 26.7. The van der Waals surface area contributed by atoms with E-state index in [1.165, 1.54) is 0 Å². The first-order valence-electron chi connectivity index (χ1n) is 10.2. The van der Waals surface area contributed by atoms with Gasteiger partial charge in [-0.05, 0) is 42.3 Å². The summed E-state index contributed by atoms with van der Waals surface area (Å²) in [6.07, 6.45) is 4.56. The van der Waals surface area contributed by atoms with E-state index in [2.05, 4.69) is 10.4 Å². The maximum absolute atomic E-state index is 12.6. The average molecular weight is 418 g/mol. The molecule has 8 heteroatoms. The van der Waals surface area contributed by atoms with Gasteiger partial charge < -0.3 is 19.7 Å². The van der Waals surface area contributed by atoms with Crippen LogP contribution in [0.5, 0.6) is 11.5 Å². The molecular formula is C23H22N4O4. The van der Waals surface area contributed by atoms with Crippen LogP contribution in [0.2, 0.25) is 0 Å². The second-order valence-electron chi connectivity index (χ2n) is 7.60. The summed E-state index contributed by atoms with van der Waals surface area (Å²) in [5.41, 5.74) is 2.84. The van der Waals surface area contributed by atoms with E-state index in [4.69, 9.17) is 9.47 Å². The molecule has 1 N–H and O–H groups in total. The first kappa shape index (κ1) is 19.2. The van der Waals surface area contributed by atoms with Gasteiger partial charge in [-0.3, -0.25) is 9.59 Å². The van der Waals surface area contributed by atoms with E-state index in [0.717, 1.165) is 23.4 Å². The summed E-state index contributed by atoms with van der Waals surface area (Å²) >= 11 is 0. The van der Waals surface area contributed by atoms with Crippen LogP contribution >= 0.6 is 0 Å². The third kappa shape index (κ3) is 3.96. The quantitative estimate of drug-likeness (QED) is 0.664. The normalized spacial score (nSPS) is 17.2. The average Bonchev–Trinajstić information content (AvgIpc) is 3.54. The maximum atomic E-state index is 12.6. The Balaban J connectivity index is 1.14. The van der Waals surface area contributed by atoms with Gasteiger partial charge >= 0.3 is 0 Å². The summed E-state index contributed by atoms with van der Waals surface area (Å²) in [5, 5.41) is 7.18. The van der Waals surface area contributed by atoms with E-state index in [1.807, 2.05) is 42.6 Å². The van der Waals surface area contributed by atoms with Crippen LogP contribution in [-0.4, -0.2) is 41.5 Å². The molecule has 2 aliphatic heterocycles. The van der Waals surface area contributed by atoms with Crippen LogP contribution in [-0.2, 0) is 16.0 Å². The lowest BCUT2D eigenvalue weighted by molar-refractivity contribution is -0.126. The molecule has 158 valence electrons. The number of ether oxygens (including phenoxy) is 2.